The molecular formula is C19H25NO13. The molecule has 0 aliphatic carbocycles. The second-order valence-electron chi connectivity index (χ2n) is 7.49. The van der Waals surface area contributed by atoms with Gasteiger partial charge in [0.05, 0.1) is 24.2 Å². The van der Waals surface area contributed by atoms with Crippen LogP contribution >= 0.6 is 0 Å². The average Bonchev–Trinajstić information content (AvgIpc) is 2.65. The third-order valence-corrected chi connectivity index (χ3v) is 4.60. The summed E-state index contributed by atoms with van der Waals surface area (Å²) in [5.74, 6) is -15.1. The Balaban J connectivity index is 5.06. The second-order valence-corrected chi connectivity index (χ2v) is 7.49. The fourth-order valence-corrected chi connectivity index (χ4v) is 2.91. The molecule has 0 aromatic rings. The summed E-state index contributed by atoms with van der Waals surface area (Å²) in [6.45, 7) is 0. The van der Waals surface area contributed by atoms with Gasteiger partial charge in [0.25, 0.3) is 0 Å². The molecule has 0 heterocycles. The normalized spacial score (nSPS) is 14.3. The SMILES string of the molecule is NC(CC(=O)CC(CC(=O)CC(CC(=O)CC(CC(=O)O)C(=O)O)C(=O)O)C(=O)O)C(=O)O. The van der Waals surface area contributed by atoms with Crippen molar-refractivity contribution < 1.29 is 63.9 Å². The molecule has 0 saturated heterocycles. The van der Waals surface area contributed by atoms with Crippen LogP contribution in [0.15, 0.2) is 0 Å². The lowest BCUT2D eigenvalue weighted by atomic mass is 9.87. The second kappa shape index (κ2) is 13.7. The Labute approximate surface area is 186 Å². The van der Waals surface area contributed by atoms with Crippen LogP contribution in [-0.2, 0) is 38.4 Å². The standard InChI is InChI=1S/C19H25NO13/c20-14(19(32)33)7-13(23)4-9(17(28)29)3-11(21)1-8(16(26)27)2-12(22)5-10(18(30)31)6-15(24)25/h8-10,14H,1-7,20H2,(H,24,25)(H,26,27)(H,28,29)(H,30,31)(H,32,33). The third-order valence-electron chi connectivity index (χ3n) is 4.60. The maximum absolute atomic E-state index is 12.2. The highest BCUT2D eigenvalue weighted by atomic mass is 16.4. The highest BCUT2D eigenvalue weighted by Crippen LogP contribution is 2.20. The number of rotatable bonds is 18. The lowest BCUT2D eigenvalue weighted by molar-refractivity contribution is -0.150. The van der Waals surface area contributed by atoms with Gasteiger partial charge in [-0.2, -0.15) is 0 Å². The molecule has 0 saturated carbocycles. The molecule has 0 rings (SSSR count). The molecule has 4 atom stereocenters. The molecule has 0 bridgehead atoms. The Morgan fingerprint density at radius 2 is 0.727 bits per heavy atom. The van der Waals surface area contributed by atoms with E-state index in [0.717, 1.165) is 0 Å². The largest absolute Gasteiger partial charge is 0.481 e. The van der Waals surface area contributed by atoms with E-state index in [1.807, 2.05) is 0 Å². The molecule has 7 N–H and O–H groups in total. The number of nitrogens with two attached hydrogens (primary N) is 1. The molecule has 184 valence electrons. The minimum absolute atomic E-state index is 0.666. The zero-order chi connectivity index (χ0) is 25.9. The van der Waals surface area contributed by atoms with Crippen LogP contribution in [0.5, 0.6) is 0 Å². The number of aliphatic carboxylic acids is 5. The van der Waals surface area contributed by atoms with Crippen molar-refractivity contribution in [1.29, 1.82) is 0 Å². The monoisotopic (exact) mass is 475 g/mol. The lowest BCUT2D eigenvalue weighted by Crippen LogP contribution is -2.33. The molecule has 0 radical (unpaired) electrons. The molecule has 0 spiro atoms. The van der Waals surface area contributed by atoms with Gasteiger partial charge < -0.3 is 31.3 Å². The Morgan fingerprint density at radius 3 is 0.970 bits per heavy atom. The van der Waals surface area contributed by atoms with Gasteiger partial charge in [-0.05, 0) is 0 Å². The van der Waals surface area contributed by atoms with E-state index in [1.54, 1.807) is 0 Å². The van der Waals surface area contributed by atoms with E-state index in [-0.39, 0.29) is 0 Å². The predicted octanol–water partition coefficient (Wildman–Crippen LogP) is -0.977. The van der Waals surface area contributed by atoms with Crippen molar-refractivity contribution in [3.8, 4) is 0 Å². The molecule has 0 amide bonds. The van der Waals surface area contributed by atoms with Gasteiger partial charge in [0.15, 0.2) is 0 Å². The van der Waals surface area contributed by atoms with Gasteiger partial charge in [-0.1, -0.05) is 0 Å². The summed E-state index contributed by atoms with van der Waals surface area (Å²) in [6, 6.07) is -1.55. The fraction of sp³-hybridized carbons (Fsp3) is 0.579. The molecular weight excluding hydrogens is 450 g/mol. The molecule has 14 nitrogen and oxygen atoms in total. The lowest BCUT2D eigenvalue weighted by Gasteiger charge is -2.15. The first-order valence-corrected chi connectivity index (χ1v) is 9.57. The fourth-order valence-electron chi connectivity index (χ4n) is 2.91. The molecule has 33 heavy (non-hydrogen) atoms. The van der Waals surface area contributed by atoms with Crippen molar-refractivity contribution in [3.05, 3.63) is 0 Å². The van der Waals surface area contributed by atoms with Crippen LogP contribution in [0.25, 0.3) is 0 Å². The Hall–Kier alpha value is -3.68. The van der Waals surface area contributed by atoms with Crippen LogP contribution in [0.2, 0.25) is 0 Å². The summed E-state index contributed by atoms with van der Waals surface area (Å²) in [7, 11) is 0. The number of carbonyl (C=O) groups excluding carboxylic acids is 3. The average molecular weight is 475 g/mol. The van der Waals surface area contributed by atoms with E-state index in [4.69, 9.17) is 21.1 Å². The first-order valence-electron chi connectivity index (χ1n) is 9.57. The van der Waals surface area contributed by atoms with Gasteiger partial charge in [0, 0.05) is 38.5 Å². The molecule has 0 aromatic carbocycles. The minimum Gasteiger partial charge on any atom is -0.481 e. The van der Waals surface area contributed by atoms with Gasteiger partial charge in [0.1, 0.15) is 23.4 Å². The molecule has 0 fully saturated rings. The molecule has 4 unspecified atom stereocenters. The number of Topliss-reactive ketones (excluding diaryl/α,β-unsaturated/α-hetero) is 3. The van der Waals surface area contributed by atoms with Crippen LogP contribution in [0, 0.1) is 17.8 Å². The number of ketones is 3. The van der Waals surface area contributed by atoms with Crippen LogP contribution in [0.3, 0.4) is 0 Å². The maximum atomic E-state index is 12.2. The summed E-state index contributed by atoms with van der Waals surface area (Å²) in [6.07, 6.45) is -5.35. The smallest absolute Gasteiger partial charge is 0.320 e. The van der Waals surface area contributed by atoms with Gasteiger partial charge in [-0.3, -0.25) is 38.4 Å². The van der Waals surface area contributed by atoms with Crippen LogP contribution in [0.1, 0.15) is 44.9 Å². The van der Waals surface area contributed by atoms with Crippen molar-refractivity contribution in [2.75, 3.05) is 0 Å². The van der Waals surface area contributed by atoms with Crippen LogP contribution in [-0.4, -0.2) is 78.8 Å². The van der Waals surface area contributed by atoms with Crippen molar-refractivity contribution in [2.24, 2.45) is 23.5 Å². The highest BCUT2D eigenvalue weighted by molar-refractivity contribution is 5.93. The molecule has 0 aliphatic heterocycles. The molecule has 14 heteroatoms. The number of carboxylic acid groups (broad SMARTS) is 5. The summed E-state index contributed by atoms with van der Waals surface area (Å²) in [5.41, 5.74) is 5.19. The number of carboxylic acids is 5. The topological polar surface area (TPSA) is 264 Å². The van der Waals surface area contributed by atoms with Gasteiger partial charge in [-0.15, -0.1) is 0 Å². The van der Waals surface area contributed by atoms with Gasteiger partial charge in [-0.25, -0.2) is 0 Å². The quantitative estimate of drug-likeness (QED) is 0.139. The van der Waals surface area contributed by atoms with Crippen molar-refractivity contribution in [1.82, 2.24) is 0 Å². The van der Waals surface area contributed by atoms with Crippen molar-refractivity contribution >= 4 is 47.2 Å². The first kappa shape index (κ1) is 29.3. The zero-order valence-electron chi connectivity index (χ0n) is 17.3. The zero-order valence-corrected chi connectivity index (χ0v) is 17.3. The number of hydrogen-bond acceptors (Lipinski definition) is 9. The van der Waals surface area contributed by atoms with Crippen LogP contribution < -0.4 is 5.73 Å². The predicted molar refractivity (Wildman–Crippen MR) is 104 cm³/mol. The van der Waals surface area contributed by atoms with E-state index in [0.29, 0.717) is 0 Å². The van der Waals surface area contributed by atoms with E-state index < -0.39 is 116 Å². The number of carbonyl (C=O) groups is 8. The first-order chi connectivity index (χ1) is 15.1. The van der Waals surface area contributed by atoms with E-state index >= 15 is 0 Å². The summed E-state index contributed by atoms with van der Waals surface area (Å²) in [4.78, 5) is 91.2. The van der Waals surface area contributed by atoms with Gasteiger partial charge >= 0.3 is 29.8 Å². The highest BCUT2D eigenvalue weighted by Gasteiger charge is 2.31. The summed E-state index contributed by atoms with van der Waals surface area (Å²) < 4.78 is 0. The minimum atomic E-state index is -1.62. The van der Waals surface area contributed by atoms with E-state index in [2.05, 4.69) is 0 Å². The van der Waals surface area contributed by atoms with E-state index in [9.17, 15) is 48.6 Å². The molecule has 0 aliphatic rings. The van der Waals surface area contributed by atoms with Gasteiger partial charge in [0.2, 0.25) is 0 Å². The number of hydrogen-bond donors (Lipinski definition) is 6. The van der Waals surface area contributed by atoms with Crippen LogP contribution in [0.4, 0.5) is 0 Å². The third kappa shape index (κ3) is 12.1. The van der Waals surface area contributed by atoms with Crippen molar-refractivity contribution in [3.63, 3.8) is 0 Å². The van der Waals surface area contributed by atoms with Crippen molar-refractivity contribution in [2.45, 2.75) is 51.0 Å². The maximum Gasteiger partial charge on any atom is 0.320 e. The Morgan fingerprint density at radius 1 is 0.455 bits per heavy atom. The summed E-state index contributed by atoms with van der Waals surface area (Å²) >= 11 is 0. The molecule has 0 aromatic heterocycles. The summed E-state index contributed by atoms with van der Waals surface area (Å²) in [5, 5.41) is 44.8. The Bertz CT molecular complexity index is 819. The Kier molecular flexibility index (Phi) is 12.1. The van der Waals surface area contributed by atoms with E-state index in [1.165, 1.54) is 0 Å².